The van der Waals surface area contributed by atoms with E-state index in [1.54, 1.807) is 24.0 Å². The summed E-state index contributed by atoms with van der Waals surface area (Å²) in [4.78, 5) is 39.6. The lowest BCUT2D eigenvalue weighted by atomic mass is 9.95. The number of amides is 3. The molecule has 0 spiro atoms. The van der Waals surface area contributed by atoms with Gasteiger partial charge in [0, 0.05) is 44.2 Å². The molecule has 1 saturated heterocycles. The number of nitrogens with one attached hydrogen (secondary N) is 1. The van der Waals surface area contributed by atoms with Gasteiger partial charge >= 0.3 is 6.18 Å². The highest BCUT2D eigenvalue weighted by Crippen LogP contribution is 2.36. The number of aryl methyl sites for hydroxylation is 1. The SMILES string of the molecule is Cn1ncc(-c2ccc3c(c2)CN(C2CCC(=O)NC2=O)C3=O)c1C1=CCN(CC(F)(F)F)CC1. The quantitative estimate of drug-likeness (QED) is 0.670. The summed E-state index contributed by atoms with van der Waals surface area (Å²) >= 11 is 0. The molecule has 3 aliphatic heterocycles. The molecule has 5 rings (SSSR count). The van der Waals surface area contributed by atoms with E-state index in [2.05, 4.69) is 10.4 Å². The number of hydrogen-bond acceptors (Lipinski definition) is 5. The fourth-order valence-corrected chi connectivity index (χ4v) is 5.10. The van der Waals surface area contributed by atoms with Gasteiger partial charge in [0.25, 0.3) is 5.91 Å². The zero-order chi connectivity index (χ0) is 24.9. The van der Waals surface area contributed by atoms with Crippen molar-refractivity contribution in [1.29, 1.82) is 0 Å². The third kappa shape index (κ3) is 4.47. The van der Waals surface area contributed by atoms with Crippen LogP contribution in [0.2, 0.25) is 0 Å². The third-order valence-corrected chi connectivity index (χ3v) is 6.77. The third-order valence-electron chi connectivity index (χ3n) is 6.77. The van der Waals surface area contributed by atoms with Crippen LogP contribution in [0.5, 0.6) is 0 Å². The predicted octanol–water partition coefficient (Wildman–Crippen LogP) is 2.50. The Balaban J connectivity index is 1.39. The van der Waals surface area contributed by atoms with Crippen LogP contribution >= 0.6 is 0 Å². The minimum atomic E-state index is -4.23. The molecular formula is C24H24F3N5O3. The molecule has 2 aromatic rings. The van der Waals surface area contributed by atoms with Gasteiger partial charge < -0.3 is 4.90 Å². The number of carbonyl (C=O) groups excluding carboxylic acids is 3. The number of nitrogens with zero attached hydrogens (tertiary/aromatic N) is 4. The minimum Gasteiger partial charge on any atom is -0.322 e. The van der Waals surface area contributed by atoms with Gasteiger partial charge in [-0.25, -0.2) is 0 Å². The minimum absolute atomic E-state index is 0.191. The number of fused-ring (bicyclic) bond motifs is 1. The van der Waals surface area contributed by atoms with E-state index in [4.69, 9.17) is 0 Å². The summed E-state index contributed by atoms with van der Waals surface area (Å²) < 4.78 is 39.9. The Morgan fingerprint density at radius 3 is 2.63 bits per heavy atom. The molecule has 1 unspecified atom stereocenters. The van der Waals surface area contributed by atoms with Crippen LogP contribution in [0.25, 0.3) is 16.7 Å². The first-order valence-electron chi connectivity index (χ1n) is 11.4. The lowest BCUT2D eigenvalue weighted by molar-refractivity contribution is -0.145. The molecule has 0 aliphatic carbocycles. The van der Waals surface area contributed by atoms with Crippen LogP contribution in [0.3, 0.4) is 0 Å². The van der Waals surface area contributed by atoms with E-state index >= 15 is 0 Å². The molecule has 1 aromatic carbocycles. The zero-order valence-corrected chi connectivity index (χ0v) is 19.1. The molecule has 1 N–H and O–H groups in total. The van der Waals surface area contributed by atoms with E-state index in [1.807, 2.05) is 18.2 Å². The molecule has 4 heterocycles. The summed E-state index contributed by atoms with van der Waals surface area (Å²) in [5.74, 6) is -1.03. The molecule has 1 atom stereocenters. The van der Waals surface area contributed by atoms with Crippen molar-refractivity contribution >= 4 is 23.3 Å². The Kier molecular flexibility index (Phi) is 5.74. The van der Waals surface area contributed by atoms with Gasteiger partial charge in [-0.1, -0.05) is 12.1 Å². The highest BCUT2D eigenvalue weighted by Gasteiger charge is 2.39. The lowest BCUT2D eigenvalue weighted by Crippen LogP contribution is -2.52. The first-order valence-corrected chi connectivity index (χ1v) is 11.4. The number of benzene rings is 1. The zero-order valence-electron chi connectivity index (χ0n) is 19.1. The van der Waals surface area contributed by atoms with Gasteiger partial charge in [0.2, 0.25) is 11.8 Å². The van der Waals surface area contributed by atoms with Crippen molar-refractivity contribution in [3.8, 4) is 11.1 Å². The molecule has 0 bridgehead atoms. The summed E-state index contributed by atoms with van der Waals surface area (Å²) in [7, 11) is 1.80. The van der Waals surface area contributed by atoms with Gasteiger partial charge in [0.1, 0.15) is 6.04 Å². The normalized spacial score (nSPS) is 21.3. The summed E-state index contributed by atoms with van der Waals surface area (Å²) in [6, 6.07) is 4.77. The Bertz CT molecular complexity index is 1250. The topological polar surface area (TPSA) is 87.5 Å². The number of alkyl halides is 3. The summed E-state index contributed by atoms with van der Waals surface area (Å²) in [6.45, 7) is -0.162. The van der Waals surface area contributed by atoms with E-state index in [9.17, 15) is 27.6 Å². The van der Waals surface area contributed by atoms with Gasteiger partial charge in [0.15, 0.2) is 0 Å². The van der Waals surface area contributed by atoms with Crippen molar-refractivity contribution in [1.82, 2.24) is 24.9 Å². The van der Waals surface area contributed by atoms with Crippen LogP contribution in [0.1, 0.15) is 40.9 Å². The number of halogens is 3. The van der Waals surface area contributed by atoms with Crippen molar-refractivity contribution in [2.24, 2.45) is 7.05 Å². The maximum atomic E-state index is 13.0. The second-order valence-electron chi connectivity index (χ2n) is 9.13. The number of hydrogen-bond donors (Lipinski definition) is 1. The van der Waals surface area contributed by atoms with Crippen molar-refractivity contribution in [2.45, 2.75) is 38.0 Å². The van der Waals surface area contributed by atoms with Crippen LogP contribution in [0, 0.1) is 0 Å². The fourth-order valence-electron chi connectivity index (χ4n) is 5.10. The van der Waals surface area contributed by atoms with E-state index in [1.165, 1.54) is 9.80 Å². The second kappa shape index (κ2) is 8.63. The van der Waals surface area contributed by atoms with Crippen LogP contribution < -0.4 is 5.32 Å². The standard InChI is InChI=1S/C24H24F3N5O3/c1-30-21(14-6-8-31(9-7-14)13-24(25,26)27)18(11-28-30)15-2-3-17-16(10-15)12-32(23(17)35)19-4-5-20(33)29-22(19)34/h2-3,6,10-11,19H,4-5,7-9,12-13H2,1H3,(H,29,33,34). The molecular weight excluding hydrogens is 463 g/mol. The van der Waals surface area contributed by atoms with Gasteiger partial charge in [-0.05, 0) is 41.7 Å². The van der Waals surface area contributed by atoms with Gasteiger partial charge in [-0.3, -0.25) is 29.3 Å². The first-order chi connectivity index (χ1) is 16.6. The van der Waals surface area contributed by atoms with Crippen LogP contribution in [-0.4, -0.2) is 69.2 Å². The molecule has 1 aromatic heterocycles. The molecule has 3 amide bonds. The number of aromatic nitrogens is 2. The number of piperidine rings is 1. The monoisotopic (exact) mass is 487 g/mol. The van der Waals surface area contributed by atoms with Gasteiger partial charge in [0.05, 0.1) is 18.4 Å². The average Bonchev–Trinajstić information content (AvgIpc) is 3.33. The molecule has 184 valence electrons. The van der Waals surface area contributed by atoms with E-state index in [0.717, 1.165) is 28.0 Å². The molecule has 3 aliphatic rings. The van der Waals surface area contributed by atoms with Crippen LogP contribution in [0.15, 0.2) is 30.5 Å². The molecule has 11 heteroatoms. The first kappa shape index (κ1) is 23.3. The highest BCUT2D eigenvalue weighted by atomic mass is 19.4. The summed E-state index contributed by atoms with van der Waals surface area (Å²) in [6.07, 6.45) is 0.258. The Hall–Kier alpha value is -3.47. The van der Waals surface area contributed by atoms with Crippen molar-refractivity contribution < 1.29 is 27.6 Å². The maximum Gasteiger partial charge on any atom is 0.401 e. The van der Waals surface area contributed by atoms with E-state index in [0.29, 0.717) is 24.9 Å². The highest BCUT2D eigenvalue weighted by molar-refractivity contribution is 6.05. The van der Waals surface area contributed by atoms with Crippen LogP contribution in [-0.2, 0) is 23.2 Å². The molecule has 0 saturated carbocycles. The van der Waals surface area contributed by atoms with Crippen molar-refractivity contribution in [2.75, 3.05) is 19.6 Å². The number of carbonyl (C=O) groups is 3. The number of imide groups is 1. The average molecular weight is 487 g/mol. The Labute approximate surface area is 199 Å². The predicted molar refractivity (Wildman–Crippen MR) is 120 cm³/mol. The summed E-state index contributed by atoms with van der Waals surface area (Å²) in [5, 5.41) is 6.68. The fraction of sp³-hybridized carbons (Fsp3) is 0.417. The maximum absolute atomic E-state index is 13.0. The largest absolute Gasteiger partial charge is 0.401 e. The van der Waals surface area contributed by atoms with Crippen molar-refractivity contribution in [3.63, 3.8) is 0 Å². The summed E-state index contributed by atoms with van der Waals surface area (Å²) in [5.41, 5.74) is 4.73. The van der Waals surface area contributed by atoms with E-state index in [-0.39, 0.29) is 31.3 Å². The van der Waals surface area contributed by atoms with Crippen LogP contribution in [0.4, 0.5) is 13.2 Å². The van der Waals surface area contributed by atoms with E-state index < -0.39 is 24.7 Å². The molecule has 35 heavy (non-hydrogen) atoms. The molecule has 0 radical (unpaired) electrons. The smallest absolute Gasteiger partial charge is 0.322 e. The molecule has 8 nitrogen and oxygen atoms in total. The van der Waals surface area contributed by atoms with Crippen molar-refractivity contribution in [3.05, 3.63) is 47.3 Å². The lowest BCUT2D eigenvalue weighted by Gasteiger charge is -2.29. The van der Waals surface area contributed by atoms with Gasteiger partial charge in [-0.15, -0.1) is 0 Å². The Morgan fingerprint density at radius 2 is 1.94 bits per heavy atom. The Morgan fingerprint density at radius 1 is 1.14 bits per heavy atom. The molecule has 1 fully saturated rings. The van der Waals surface area contributed by atoms with Gasteiger partial charge in [-0.2, -0.15) is 18.3 Å². The number of rotatable bonds is 4. The second-order valence-corrected chi connectivity index (χ2v) is 9.13.